The third kappa shape index (κ3) is 3.97. The second-order valence-electron chi connectivity index (χ2n) is 5.45. The van der Waals surface area contributed by atoms with Gasteiger partial charge in [0.25, 0.3) is 11.6 Å². The van der Waals surface area contributed by atoms with Gasteiger partial charge in [0.2, 0.25) is 6.33 Å². The Hall–Kier alpha value is -2.63. The monoisotopic (exact) mass is 316 g/mol. The van der Waals surface area contributed by atoms with Crippen molar-refractivity contribution in [3.63, 3.8) is 0 Å². The first kappa shape index (κ1) is 16.7. The number of imidazole rings is 1. The molecule has 23 heavy (non-hydrogen) atoms. The van der Waals surface area contributed by atoms with Crippen LogP contribution in [0.3, 0.4) is 0 Å². The van der Waals surface area contributed by atoms with E-state index in [1.54, 1.807) is 35.6 Å². The van der Waals surface area contributed by atoms with E-state index in [-0.39, 0.29) is 12.5 Å². The van der Waals surface area contributed by atoms with Gasteiger partial charge in [-0.2, -0.15) is 0 Å². The predicted octanol–water partition coefficient (Wildman–Crippen LogP) is 1.74. The number of aryl methyl sites for hydroxylation is 3. The van der Waals surface area contributed by atoms with Gasteiger partial charge in [-0.3, -0.25) is 4.79 Å². The number of ether oxygens (including phenoxy) is 1. The smallest absolute Gasteiger partial charge is 0.382 e. The molecule has 0 radical (unpaired) electrons. The molecule has 0 unspecified atom stereocenters. The quantitative estimate of drug-likeness (QED) is 0.675. The molecule has 0 fully saturated rings. The molecule has 122 valence electrons. The van der Waals surface area contributed by atoms with Crippen LogP contribution >= 0.6 is 0 Å². The minimum absolute atomic E-state index is 0.126. The third-order valence-corrected chi connectivity index (χ3v) is 3.55. The zero-order chi connectivity index (χ0) is 17.0. The lowest BCUT2D eigenvalue weighted by Crippen LogP contribution is -2.38. The van der Waals surface area contributed by atoms with Crippen molar-refractivity contribution in [1.82, 2.24) is 4.57 Å². The summed E-state index contributed by atoms with van der Waals surface area (Å²) < 4.78 is 8.29. The number of esters is 1. The molecule has 1 aromatic carbocycles. The van der Waals surface area contributed by atoms with Crippen LogP contribution in [0, 0.1) is 13.8 Å². The van der Waals surface area contributed by atoms with Gasteiger partial charge in [-0.25, -0.2) is 13.9 Å². The fraction of sp³-hybridized carbons (Fsp3) is 0.353. The number of carbonyl (C=O) groups is 2. The molecule has 2 rings (SSSR count). The summed E-state index contributed by atoms with van der Waals surface area (Å²) in [7, 11) is 1.74. The Kier molecular flexibility index (Phi) is 5.16. The lowest BCUT2D eigenvalue weighted by atomic mass is 10.1. The van der Waals surface area contributed by atoms with Crippen molar-refractivity contribution < 1.29 is 18.9 Å². The van der Waals surface area contributed by atoms with Crippen LogP contribution < -0.4 is 9.88 Å². The number of nitrogens with one attached hydrogen (secondary N) is 1. The molecule has 0 saturated heterocycles. The number of carbonyl (C=O) groups excluding carboxylic acids is 2. The number of aromatic nitrogens is 2. The number of para-hydroxylation sites is 1. The lowest BCUT2D eigenvalue weighted by Gasteiger charge is -2.10. The van der Waals surface area contributed by atoms with Crippen LogP contribution in [0.15, 0.2) is 30.7 Å². The number of rotatable bonds is 5. The van der Waals surface area contributed by atoms with Crippen molar-refractivity contribution in [2.24, 2.45) is 7.05 Å². The summed E-state index contributed by atoms with van der Waals surface area (Å²) in [6.07, 6.45) is 3.30. The van der Waals surface area contributed by atoms with Gasteiger partial charge in [0, 0.05) is 5.69 Å². The van der Waals surface area contributed by atoms with Gasteiger partial charge in [-0.05, 0) is 31.9 Å². The normalized spacial score (nSPS) is 10.4. The molecule has 6 heteroatoms. The van der Waals surface area contributed by atoms with E-state index in [2.05, 4.69) is 5.32 Å². The number of hydrogen-bond donors (Lipinski definition) is 1. The van der Waals surface area contributed by atoms with E-state index in [0.29, 0.717) is 12.3 Å². The molecule has 0 aliphatic heterocycles. The highest BCUT2D eigenvalue weighted by atomic mass is 16.5. The lowest BCUT2D eigenvalue weighted by molar-refractivity contribution is -0.683. The molecule has 1 amide bonds. The van der Waals surface area contributed by atoms with Crippen molar-refractivity contribution in [3.05, 3.63) is 47.5 Å². The second-order valence-corrected chi connectivity index (χ2v) is 5.45. The van der Waals surface area contributed by atoms with Gasteiger partial charge in [0.15, 0.2) is 6.54 Å². The van der Waals surface area contributed by atoms with Crippen molar-refractivity contribution in [2.45, 2.75) is 27.3 Å². The number of nitrogens with zero attached hydrogens (tertiary/aromatic N) is 2. The predicted molar refractivity (Wildman–Crippen MR) is 86.1 cm³/mol. The minimum Gasteiger partial charge on any atom is -0.460 e. The fourth-order valence-corrected chi connectivity index (χ4v) is 2.41. The first-order chi connectivity index (χ1) is 10.9. The number of anilines is 1. The van der Waals surface area contributed by atoms with Crippen LogP contribution in [0.5, 0.6) is 0 Å². The van der Waals surface area contributed by atoms with Gasteiger partial charge >= 0.3 is 5.97 Å². The highest BCUT2D eigenvalue weighted by Crippen LogP contribution is 2.19. The Morgan fingerprint density at radius 3 is 2.52 bits per heavy atom. The molecule has 0 aliphatic carbocycles. The van der Waals surface area contributed by atoms with Gasteiger partial charge < -0.3 is 10.1 Å². The molecule has 0 atom stereocenters. The average Bonchev–Trinajstić information content (AvgIpc) is 2.84. The molecule has 0 aliphatic rings. The SMILES string of the molecule is CCOC(=O)c1c[n+](CC(=O)Nc2c(C)cccc2C)cn1C. The van der Waals surface area contributed by atoms with Crippen LogP contribution in [0.2, 0.25) is 0 Å². The summed E-state index contributed by atoms with van der Waals surface area (Å²) in [6.45, 7) is 6.11. The van der Waals surface area contributed by atoms with Crippen molar-refractivity contribution in [1.29, 1.82) is 0 Å². The van der Waals surface area contributed by atoms with Gasteiger partial charge in [-0.1, -0.05) is 18.2 Å². The summed E-state index contributed by atoms with van der Waals surface area (Å²) in [5.74, 6) is -0.544. The molecule has 1 aromatic heterocycles. The molecule has 0 bridgehead atoms. The van der Waals surface area contributed by atoms with Crippen LogP contribution in [0.4, 0.5) is 5.69 Å². The van der Waals surface area contributed by atoms with Crippen LogP contribution in [0.1, 0.15) is 28.5 Å². The first-order valence-corrected chi connectivity index (χ1v) is 7.51. The number of benzene rings is 1. The maximum atomic E-state index is 12.2. The molecular formula is C17H22N3O3+. The van der Waals surface area contributed by atoms with E-state index in [0.717, 1.165) is 16.8 Å². The Bertz CT molecular complexity index is 714. The largest absolute Gasteiger partial charge is 0.460 e. The maximum Gasteiger partial charge on any atom is 0.382 e. The van der Waals surface area contributed by atoms with E-state index in [1.807, 2.05) is 32.0 Å². The summed E-state index contributed by atoms with van der Waals surface area (Å²) in [6, 6.07) is 5.87. The van der Waals surface area contributed by atoms with E-state index >= 15 is 0 Å². The van der Waals surface area contributed by atoms with E-state index in [1.165, 1.54) is 0 Å². The van der Waals surface area contributed by atoms with E-state index < -0.39 is 5.97 Å². The summed E-state index contributed by atoms with van der Waals surface area (Å²) in [5, 5.41) is 2.92. The minimum atomic E-state index is -0.399. The average molecular weight is 316 g/mol. The van der Waals surface area contributed by atoms with Crippen LogP contribution in [0.25, 0.3) is 0 Å². The standard InChI is InChI=1S/C17H21N3O3/c1-5-23-17(22)14-9-20(11-19(14)4)10-15(21)18-16-12(2)7-6-8-13(16)3/h6-9,11H,5,10H2,1-4H3/p+1. The Morgan fingerprint density at radius 1 is 1.26 bits per heavy atom. The van der Waals surface area contributed by atoms with E-state index in [9.17, 15) is 9.59 Å². The number of amides is 1. The molecule has 6 nitrogen and oxygen atoms in total. The molecular weight excluding hydrogens is 294 g/mol. The Morgan fingerprint density at radius 2 is 1.91 bits per heavy atom. The van der Waals surface area contributed by atoms with Gasteiger partial charge in [0.1, 0.15) is 6.20 Å². The van der Waals surface area contributed by atoms with Gasteiger partial charge in [0.05, 0.1) is 13.7 Å². The number of hydrogen-bond acceptors (Lipinski definition) is 3. The first-order valence-electron chi connectivity index (χ1n) is 7.51. The summed E-state index contributed by atoms with van der Waals surface area (Å²) in [5.41, 5.74) is 3.28. The summed E-state index contributed by atoms with van der Waals surface area (Å²) in [4.78, 5) is 24.0. The topological polar surface area (TPSA) is 64.2 Å². The third-order valence-electron chi connectivity index (χ3n) is 3.55. The zero-order valence-electron chi connectivity index (χ0n) is 13.9. The summed E-state index contributed by atoms with van der Waals surface area (Å²) >= 11 is 0. The van der Waals surface area contributed by atoms with E-state index in [4.69, 9.17) is 4.74 Å². The Balaban J connectivity index is 2.09. The van der Waals surface area contributed by atoms with Crippen molar-refractivity contribution in [2.75, 3.05) is 11.9 Å². The molecule has 0 saturated carbocycles. The molecule has 1 heterocycles. The fourth-order valence-electron chi connectivity index (χ4n) is 2.41. The second kappa shape index (κ2) is 7.09. The van der Waals surface area contributed by atoms with Crippen molar-refractivity contribution >= 4 is 17.6 Å². The highest BCUT2D eigenvalue weighted by molar-refractivity contribution is 5.91. The molecule has 0 spiro atoms. The van der Waals surface area contributed by atoms with Crippen molar-refractivity contribution in [3.8, 4) is 0 Å². The molecule has 1 N–H and O–H groups in total. The highest BCUT2D eigenvalue weighted by Gasteiger charge is 2.21. The van der Waals surface area contributed by atoms with Crippen LogP contribution in [-0.4, -0.2) is 23.1 Å². The van der Waals surface area contributed by atoms with Crippen LogP contribution in [-0.2, 0) is 23.1 Å². The van der Waals surface area contributed by atoms with Gasteiger partial charge in [-0.15, -0.1) is 0 Å². The molecule has 2 aromatic rings. The Labute approximate surface area is 135 Å². The maximum absolute atomic E-state index is 12.2. The zero-order valence-corrected chi connectivity index (χ0v) is 13.9.